The van der Waals surface area contributed by atoms with E-state index in [1.54, 1.807) is 16.6 Å². The molecule has 7 heteroatoms. The maximum absolute atomic E-state index is 11.4. The third-order valence-electron chi connectivity index (χ3n) is 1.97. The molecular formula is C8H8ClN3O2S. The zero-order chi connectivity index (χ0) is 11.0. The van der Waals surface area contributed by atoms with Crippen molar-refractivity contribution in [3.63, 3.8) is 0 Å². The van der Waals surface area contributed by atoms with Crippen molar-refractivity contribution in [1.29, 1.82) is 0 Å². The number of methoxy groups -OCH3 is 1. The summed E-state index contributed by atoms with van der Waals surface area (Å²) < 4.78 is 9.19. The molecule has 0 bridgehead atoms. The van der Waals surface area contributed by atoms with E-state index < -0.39 is 5.97 Å². The van der Waals surface area contributed by atoms with Gasteiger partial charge in [-0.3, -0.25) is 4.31 Å². The van der Waals surface area contributed by atoms with Crippen molar-refractivity contribution in [2.75, 3.05) is 7.11 Å². The molecule has 2 rings (SSSR count). The van der Waals surface area contributed by atoms with Crippen molar-refractivity contribution < 1.29 is 9.53 Å². The molecule has 0 atom stereocenters. The standard InChI is InChI=1S/C8H8ClN3O2S/c1-14-8(13)5-2-4-3-11-15-12(4)7(9)6(5)10/h2-3,11H,10H2,1H3. The van der Waals surface area contributed by atoms with Crippen LogP contribution in [0.1, 0.15) is 0 Å². The zero-order valence-corrected chi connectivity index (χ0v) is 9.35. The molecule has 0 spiro atoms. The number of fused-ring (bicyclic) bond motifs is 1. The Labute approximate surface area is 95.8 Å². The van der Waals surface area contributed by atoms with E-state index in [0.717, 1.165) is 5.70 Å². The molecule has 0 radical (unpaired) electrons. The highest BCUT2D eigenvalue weighted by Crippen LogP contribution is 2.36. The summed E-state index contributed by atoms with van der Waals surface area (Å²) >= 11 is 7.28. The topological polar surface area (TPSA) is 67.6 Å². The fourth-order valence-corrected chi connectivity index (χ4v) is 2.20. The molecule has 0 aliphatic carbocycles. The number of halogens is 1. The van der Waals surface area contributed by atoms with Crippen LogP contribution in [0.25, 0.3) is 0 Å². The molecule has 2 heterocycles. The Balaban J connectivity index is 2.44. The first-order chi connectivity index (χ1) is 7.15. The minimum atomic E-state index is -0.497. The summed E-state index contributed by atoms with van der Waals surface area (Å²) in [5.74, 6) is -0.497. The van der Waals surface area contributed by atoms with Gasteiger partial charge in [0.15, 0.2) is 0 Å². The number of esters is 1. The molecule has 2 aliphatic rings. The molecule has 2 aliphatic heterocycles. The van der Waals surface area contributed by atoms with Gasteiger partial charge in [0.1, 0.15) is 5.16 Å². The van der Waals surface area contributed by atoms with Crippen LogP contribution in [0.15, 0.2) is 34.4 Å². The number of ether oxygens (including phenoxy) is 1. The smallest absolute Gasteiger partial charge is 0.340 e. The van der Waals surface area contributed by atoms with Crippen LogP contribution in [0.2, 0.25) is 0 Å². The molecule has 0 fully saturated rings. The van der Waals surface area contributed by atoms with E-state index in [0.29, 0.717) is 5.16 Å². The fourth-order valence-electron chi connectivity index (χ4n) is 1.23. The summed E-state index contributed by atoms with van der Waals surface area (Å²) in [7, 11) is 1.30. The van der Waals surface area contributed by atoms with Gasteiger partial charge in [-0.15, -0.1) is 0 Å². The highest BCUT2D eigenvalue weighted by molar-refractivity contribution is 7.95. The first kappa shape index (κ1) is 10.3. The van der Waals surface area contributed by atoms with E-state index in [9.17, 15) is 4.79 Å². The van der Waals surface area contributed by atoms with Crippen LogP contribution in [0.3, 0.4) is 0 Å². The largest absolute Gasteiger partial charge is 0.465 e. The van der Waals surface area contributed by atoms with Crippen molar-refractivity contribution in [2.24, 2.45) is 5.73 Å². The monoisotopic (exact) mass is 245 g/mol. The van der Waals surface area contributed by atoms with Gasteiger partial charge in [-0.05, 0) is 6.08 Å². The van der Waals surface area contributed by atoms with E-state index in [4.69, 9.17) is 17.3 Å². The Morgan fingerprint density at radius 3 is 3.13 bits per heavy atom. The summed E-state index contributed by atoms with van der Waals surface area (Å²) in [5, 5.41) is 0.305. The summed E-state index contributed by atoms with van der Waals surface area (Å²) in [5.41, 5.74) is 6.98. The minimum Gasteiger partial charge on any atom is -0.465 e. The predicted octanol–water partition coefficient (Wildman–Crippen LogP) is 0.776. The lowest BCUT2D eigenvalue weighted by atomic mass is 10.1. The highest BCUT2D eigenvalue weighted by atomic mass is 35.5. The van der Waals surface area contributed by atoms with Gasteiger partial charge in [-0.2, -0.15) is 0 Å². The Hall–Kier alpha value is -1.27. The number of carbonyl (C=O) groups is 1. The second kappa shape index (κ2) is 3.71. The number of hydrogen-bond donors (Lipinski definition) is 2. The Bertz CT molecular complexity index is 416. The normalized spacial score (nSPS) is 19.2. The Morgan fingerprint density at radius 1 is 1.73 bits per heavy atom. The van der Waals surface area contributed by atoms with E-state index in [-0.39, 0.29) is 11.3 Å². The molecule has 0 aromatic carbocycles. The quantitative estimate of drug-likeness (QED) is 0.404. The summed E-state index contributed by atoms with van der Waals surface area (Å²) in [6, 6.07) is 0. The lowest BCUT2D eigenvalue weighted by Crippen LogP contribution is -2.23. The van der Waals surface area contributed by atoms with Gasteiger partial charge in [0.2, 0.25) is 0 Å². The number of nitrogens with one attached hydrogen (secondary N) is 1. The second-order valence-electron chi connectivity index (χ2n) is 2.83. The van der Waals surface area contributed by atoms with Gasteiger partial charge in [-0.1, -0.05) is 11.6 Å². The van der Waals surface area contributed by atoms with Gasteiger partial charge in [0.05, 0.1) is 36.2 Å². The SMILES string of the molecule is COC(=O)C1=CC2=CNSN2C(Cl)=C1N. The summed E-state index contributed by atoms with van der Waals surface area (Å²) in [6.07, 6.45) is 3.35. The van der Waals surface area contributed by atoms with Crippen molar-refractivity contribution in [3.05, 3.63) is 34.4 Å². The highest BCUT2D eigenvalue weighted by Gasteiger charge is 2.29. The van der Waals surface area contributed by atoms with Crippen LogP contribution in [0.4, 0.5) is 0 Å². The van der Waals surface area contributed by atoms with Crippen LogP contribution >= 0.6 is 23.7 Å². The third kappa shape index (κ3) is 1.55. The predicted molar refractivity (Wildman–Crippen MR) is 57.8 cm³/mol. The van der Waals surface area contributed by atoms with E-state index >= 15 is 0 Å². The Morgan fingerprint density at radius 2 is 2.47 bits per heavy atom. The van der Waals surface area contributed by atoms with Crippen LogP contribution < -0.4 is 10.5 Å². The molecule has 5 nitrogen and oxygen atoms in total. The van der Waals surface area contributed by atoms with Crippen LogP contribution in [-0.2, 0) is 9.53 Å². The van der Waals surface area contributed by atoms with Gasteiger partial charge >= 0.3 is 5.97 Å². The molecule has 3 N–H and O–H groups in total. The molecule has 0 aromatic heterocycles. The lowest BCUT2D eigenvalue weighted by molar-refractivity contribution is -0.135. The number of rotatable bonds is 1. The van der Waals surface area contributed by atoms with Crippen LogP contribution in [-0.4, -0.2) is 17.4 Å². The zero-order valence-electron chi connectivity index (χ0n) is 7.78. The first-order valence-corrected chi connectivity index (χ1v) is 5.18. The number of carbonyl (C=O) groups excluding carboxylic acids is 1. The van der Waals surface area contributed by atoms with Crippen LogP contribution in [0, 0.1) is 0 Å². The van der Waals surface area contributed by atoms with Gasteiger partial charge < -0.3 is 15.2 Å². The number of nitrogens with zero attached hydrogens (tertiary/aromatic N) is 1. The molecular weight excluding hydrogens is 238 g/mol. The average Bonchev–Trinajstić information content (AvgIpc) is 2.70. The van der Waals surface area contributed by atoms with Gasteiger partial charge in [0, 0.05) is 6.20 Å². The maximum atomic E-state index is 11.4. The van der Waals surface area contributed by atoms with Crippen molar-refractivity contribution in [3.8, 4) is 0 Å². The minimum absolute atomic E-state index is 0.219. The molecule has 0 saturated carbocycles. The third-order valence-corrected chi connectivity index (χ3v) is 3.25. The lowest BCUT2D eigenvalue weighted by Gasteiger charge is -2.23. The van der Waals surface area contributed by atoms with Gasteiger partial charge in [0.25, 0.3) is 0 Å². The fraction of sp³-hybridized carbons (Fsp3) is 0.125. The Kier molecular flexibility index (Phi) is 2.54. The molecule has 0 aromatic rings. The first-order valence-electron chi connectivity index (χ1n) is 4.03. The molecule has 80 valence electrons. The summed E-state index contributed by atoms with van der Waals surface area (Å²) in [4.78, 5) is 11.4. The van der Waals surface area contributed by atoms with Gasteiger partial charge in [-0.25, -0.2) is 4.79 Å². The second-order valence-corrected chi connectivity index (χ2v) is 3.97. The number of hydrogen-bond acceptors (Lipinski definition) is 6. The van der Waals surface area contributed by atoms with Crippen molar-refractivity contribution in [1.82, 2.24) is 9.03 Å². The molecule has 0 amide bonds. The van der Waals surface area contributed by atoms with E-state index in [2.05, 4.69) is 9.46 Å². The van der Waals surface area contributed by atoms with E-state index in [1.165, 1.54) is 19.2 Å². The van der Waals surface area contributed by atoms with Crippen LogP contribution in [0.5, 0.6) is 0 Å². The van der Waals surface area contributed by atoms with E-state index in [1.807, 2.05) is 0 Å². The molecule has 0 unspecified atom stereocenters. The van der Waals surface area contributed by atoms with Crippen molar-refractivity contribution in [2.45, 2.75) is 0 Å². The summed E-state index contributed by atoms with van der Waals surface area (Å²) in [6.45, 7) is 0. The van der Waals surface area contributed by atoms with Crippen molar-refractivity contribution >= 4 is 29.7 Å². The average molecular weight is 246 g/mol. The molecule has 15 heavy (non-hydrogen) atoms. The number of allylic oxidation sites excluding steroid dienone is 1. The number of nitrogens with two attached hydrogens (primary N) is 1. The maximum Gasteiger partial charge on any atom is 0.340 e. The molecule has 0 saturated heterocycles.